The van der Waals surface area contributed by atoms with Gasteiger partial charge in [-0.2, -0.15) is 0 Å². The predicted octanol–water partition coefficient (Wildman–Crippen LogP) is 0.703. The number of piperidine rings is 2. The molecule has 1 unspecified atom stereocenters. The van der Waals surface area contributed by atoms with E-state index < -0.39 is 0 Å². The third-order valence-electron chi connectivity index (χ3n) is 4.74. The Morgan fingerprint density at radius 2 is 1.95 bits per heavy atom. The fourth-order valence-electron chi connectivity index (χ4n) is 3.20. The van der Waals surface area contributed by atoms with E-state index in [0.29, 0.717) is 13.0 Å². The molecule has 5 heteroatoms. The summed E-state index contributed by atoms with van der Waals surface area (Å²) in [5.41, 5.74) is 0. The van der Waals surface area contributed by atoms with Gasteiger partial charge in [0, 0.05) is 39.0 Å². The number of carbonyl (C=O) groups is 2. The number of nitrogens with one attached hydrogen (secondary N) is 1. The zero-order valence-electron chi connectivity index (χ0n) is 12.7. The number of hydrogen-bond donors (Lipinski definition) is 1. The molecule has 2 aliphatic rings. The van der Waals surface area contributed by atoms with Crippen LogP contribution in [0.25, 0.3) is 0 Å². The highest BCUT2D eigenvalue weighted by atomic mass is 16.2. The van der Waals surface area contributed by atoms with Crippen LogP contribution >= 0.6 is 0 Å². The second-order valence-electron chi connectivity index (χ2n) is 6.17. The van der Waals surface area contributed by atoms with E-state index in [0.717, 1.165) is 44.8 Å². The Bertz CT molecular complexity index is 351. The first kappa shape index (κ1) is 15.3. The van der Waals surface area contributed by atoms with Gasteiger partial charge in [0.1, 0.15) is 0 Å². The number of nitrogens with zero attached hydrogens (tertiary/aromatic N) is 2. The topological polar surface area (TPSA) is 52.7 Å². The van der Waals surface area contributed by atoms with E-state index in [1.54, 1.807) is 4.90 Å². The van der Waals surface area contributed by atoms with Crippen LogP contribution in [-0.4, -0.2) is 61.9 Å². The van der Waals surface area contributed by atoms with E-state index >= 15 is 0 Å². The van der Waals surface area contributed by atoms with Crippen LogP contribution in [0.15, 0.2) is 0 Å². The van der Waals surface area contributed by atoms with Crippen LogP contribution in [0.1, 0.15) is 32.1 Å². The third-order valence-corrected chi connectivity index (χ3v) is 4.74. The lowest BCUT2D eigenvalue weighted by atomic mass is 9.90. The third kappa shape index (κ3) is 3.72. The highest BCUT2D eigenvalue weighted by Gasteiger charge is 2.32. The zero-order valence-corrected chi connectivity index (χ0v) is 12.7. The molecule has 0 aromatic carbocycles. The SMILES string of the molecule is CNCCC1CCN(C(=O)C2CCN(C)C(=O)C2)CC1. The molecule has 114 valence electrons. The lowest BCUT2D eigenvalue weighted by Gasteiger charge is -2.36. The monoisotopic (exact) mass is 281 g/mol. The average Bonchev–Trinajstić information content (AvgIpc) is 2.48. The van der Waals surface area contributed by atoms with Crippen LogP contribution in [0.4, 0.5) is 0 Å². The van der Waals surface area contributed by atoms with Crippen molar-refractivity contribution in [2.75, 3.05) is 40.3 Å². The van der Waals surface area contributed by atoms with Gasteiger partial charge in [-0.1, -0.05) is 0 Å². The molecule has 2 saturated heterocycles. The quantitative estimate of drug-likeness (QED) is 0.825. The second kappa shape index (κ2) is 7.07. The van der Waals surface area contributed by atoms with Crippen LogP contribution in [0.2, 0.25) is 0 Å². The van der Waals surface area contributed by atoms with Gasteiger partial charge in [0.25, 0.3) is 0 Å². The van der Waals surface area contributed by atoms with E-state index in [9.17, 15) is 9.59 Å². The number of amides is 2. The lowest BCUT2D eigenvalue weighted by molar-refractivity contribution is -0.145. The summed E-state index contributed by atoms with van der Waals surface area (Å²) >= 11 is 0. The molecule has 2 aliphatic heterocycles. The number of rotatable bonds is 4. The highest BCUT2D eigenvalue weighted by Crippen LogP contribution is 2.25. The molecule has 0 saturated carbocycles. The highest BCUT2D eigenvalue weighted by molar-refractivity contribution is 5.86. The zero-order chi connectivity index (χ0) is 14.5. The van der Waals surface area contributed by atoms with Gasteiger partial charge in [-0.3, -0.25) is 9.59 Å². The normalized spacial score (nSPS) is 25.1. The number of likely N-dealkylation sites (tertiary alicyclic amines) is 2. The first-order valence-corrected chi connectivity index (χ1v) is 7.79. The molecule has 0 bridgehead atoms. The summed E-state index contributed by atoms with van der Waals surface area (Å²) in [5.74, 6) is 0.982. The van der Waals surface area contributed by atoms with Crippen molar-refractivity contribution in [2.45, 2.75) is 32.1 Å². The van der Waals surface area contributed by atoms with Gasteiger partial charge < -0.3 is 15.1 Å². The van der Waals surface area contributed by atoms with Crippen molar-refractivity contribution in [3.63, 3.8) is 0 Å². The maximum Gasteiger partial charge on any atom is 0.226 e. The number of carbonyl (C=O) groups excluding carboxylic acids is 2. The molecule has 1 N–H and O–H groups in total. The summed E-state index contributed by atoms with van der Waals surface area (Å²) in [6, 6.07) is 0. The standard InChI is InChI=1S/C15H27N3O2/c1-16-7-3-12-4-9-18(10-5-12)15(20)13-6-8-17(2)14(19)11-13/h12-13,16H,3-11H2,1-2H3. The minimum absolute atomic E-state index is 0.0763. The molecule has 0 aromatic rings. The Morgan fingerprint density at radius 1 is 1.25 bits per heavy atom. The van der Waals surface area contributed by atoms with Gasteiger partial charge in [0.15, 0.2) is 0 Å². The van der Waals surface area contributed by atoms with Gasteiger partial charge in [-0.15, -0.1) is 0 Å². The Labute approximate surface area is 121 Å². The van der Waals surface area contributed by atoms with Crippen molar-refractivity contribution in [3.05, 3.63) is 0 Å². The van der Waals surface area contributed by atoms with Crippen molar-refractivity contribution in [3.8, 4) is 0 Å². The fraction of sp³-hybridized carbons (Fsp3) is 0.867. The van der Waals surface area contributed by atoms with Crippen molar-refractivity contribution >= 4 is 11.8 Å². The molecular weight excluding hydrogens is 254 g/mol. The average molecular weight is 281 g/mol. The molecule has 2 amide bonds. The van der Waals surface area contributed by atoms with Crippen molar-refractivity contribution in [1.82, 2.24) is 15.1 Å². The summed E-state index contributed by atoms with van der Waals surface area (Å²) in [5, 5.41) is 3.19. The van der Waals surface area contributed by atoms with E-state index in [4.69, 9.17) is 0 Å². The smallest absolute Gasteiger partial charge is 0.226 e. The van der Waals surface area contributed by atoms with Crippen LogP contribution in [0.5, 0.6) is 0 Å². The maximum atomic E-state index is 12.5. The Balaban J connectivity index is 1.78. The largest absolute Gasteiger partial charge is 0.346 e. The van der Waals surface area contributed by atoms with Crippen molar-refractivity contribution < 1.29 is 9.59 Å². The van der Waals surface area contributed by atoms with Gasteiger partial charge in [-0.25, -0.2) is 0 Å². The Kier molecular flexibility index (Phi) is 5.40. The van der Waals surface area contributed by atoms with Crippen LogP contribution in [-0.2, 0) is 9.59 Å². The van der Waals surface area contributed by atoms with E-state index in [1.807, 2.05) is 19.0 Å². The second-order valence-corrected chi connectivity index (χ2v) is 6.17. The van der Waals surface area contributed by atoms with Crippen molar-refractivity contribution in [2.24, 2.45) is 11.8 Å². The van der Waals surface area contributed by atoms with Gasteiger partial charge in [0.2, 0.25) is 11.8 Å². The van der Waals surface area contributed by atoms with Gasteiger partial charge in [0.05, 0.1) is 0 Å². The Morgan fingerprint density at radius 3 is 2.55 bits per heavy atom. The molecule has 20 heavy (non-hydrogen) atoms. The fourth-order valence-corrected chi connectivity index (χ4v) is 3.20. The molecule has 5 nitrogen and oxygen atoms in total. The molecule has 0 aromatic heterocycles. The van der Waals surface area contributed by atoms with E-state index in [1.165, 1.54) is 6.42 Å². The van der Waals surface area contributed by atoms with Crippen molar-refractivity contribution in [1.29, 1.82) is 0 Å². The molecule has 2 heterocycles. The lowest BCUT2D eigenvalue weighted by Crippen LogP contribution is -2.46. The molecule has 2 rings (SSSR count). The first-order chi connectivity index (χ1) is 9.61. The molecule has 0 spiro atoms. The molecule has 0 radical (unpaired) electrons. The molecular formula is C15H27N3O2. The molecule has 0 aliphatic carbocycles. The van der Waals surface area contributed by atoms with Crippen LogP contribution in [0, 0.1) is 11.8 Å². The Hall–Kier alpha value is -1.10. The summed E-state index contributed by atoms with van der Waals surface area (Å²) in [6.45, 7) is 3.51. The first-order valence-electron chi connectivity index (χ1n) is 7.79. The van der Waals surface area contributed by atoms with Gasteiger partial charge >= 0.3 is 0 Å². The minimum atomic E-state index is -0.0763. The molecule has 1 atom stereocenters. The van der Waals surface area contributed by atoms with Crippen LogP contribution in [0.3, 0.4) is 0 Å². The summed E-state index contributed by atoms with van der Waals surface area (Å²) < 4.78 is 0. The summed E-state index contributed by atoms with van der Waals surface area (Å²) in [7, 11) is 3.80. The van der Waals surface area contributed by atoms with E-state index in [-0.39, 0.29) is 17.7 Å². The summed E-state index contributed by atoms with van der Waals surface area (Å²) in [6.07, 6.45) is 4.63. The predicted molar refractivity (Wildman–Crippen MR) is 78.2 cm³/mol. The van der Waals surface area contributed by atoms with Gasteiger partial charge in [-0.05, 0) is 45.2 Å². The summed E-state index contributed by atoms with van der Waals surface area (Å²) in [4.78, 5) is 27.9. The maximum absolute atomic E-state index is 12.5. The number of hydrogen-bond acceptors (Lipinski definition) is 3. The molecule has 2 fully saturated rings. The minimum Gasteiger partial charge on any atom is -0.346 e. The van der Waals surface area contributed by atoms with E-state index in [2.05, 4.69) is 5.32 Å². The van der Waals surface area contributed by atoms with Crippen LogP contribution < -0.4 is 5.32 Å².